The first kappa shape index (κ1) is 18.2. The highest BCUT2D eigenvalue weighted by Crippen LogP contribution is 2.10. The van der Waals surface area contributed by atoms with E-state index in [1.165, 1.54) is 18.4 Å². The fourth-order valence-corrected chi connectivity index (χ4v) is 2.27. The smallest absolute Gasteiger partial charge is 0.331 e. The number of rotatable bonds is 7. The lowest BCUT2D eigenvalue weighted by Crippen LogP contribution is -2.09. The van der Waals surface area contributed by atoms with Crippen LogP contribution in [0.25, 0.3) is 6.08 Å². The zero-order valence-electron chi connectivity index (χ0n) is 14.5. The molecular formula is C22H18O5. The van der Waals surface area contributed by atoms with E-state index in [9.17, 15) is 9.59 Å². The Kier molecular flexibility index (Phi) is 6.20. The van der Waals surface area contributed by atoms with Crippen molar-refractivity contribution in [2.45, 2.75) is 13.2 Å². The van der Waals surface area contributed by atoms with E-state index in [4.69, 9.17) is 13.9 Å². The largest absolute Gasteiger partial charge is 0.482 e. The van der Waals surface area contributed by atoms with Crippen LogP contribution in [-0.2, 0) is 22.7 Å². The van der Waals surface area contributed by atoms with Crippen LogP contribution in [0.15, 0.2) is 88.3 Å². The molecule has 0 aliphatic rings. The molecule has 1 heterocycles. The molecule has 2 aromatic carbocycles. The Morgan fingerprint density at radius 3 is 2.37 bits per heavy atom. The second kappa shape index (κ2) is 9.20. The number of esters is 1. The predicted octanol–water partition coefficient (Wildman–Crippen LogP) is 3.98. The van der Waals surface area contributed by atoms with E-state index in [1.54, 1.807) is 6.08 Å². The second-order valence-electron chi connectivity index (χ2n) is 5.70. The highest BCUT2D eigenvalue weighted by Gasteiger charge is 2.07. The van der Waals surface area contributed by atoms with Crippen molar-refractivity contribution in [3.63, 3.8) is 0 Å². The van der Waals surface area contributed by atoms with Crippen molar-refractivity contribution in [2.75, 3.05) is 0 Å². The molecule has 5 heteroatoms. The van der Waals surface area contributed by atoms with Gasteiger partial charge in [0, 0.05) is 12.1 Å². The van der Waals surface area contributed by atoms with Crippen LogP contribution in [0.1, 0.15) is 16.9 Å². The normalized spacial score (nSPS) is 10.7. The third kappa shape index (κ3) is 5.71. The van der Waals surface area contributed by atoms with E-state index >= 15 is 0 Å². The van der Waals surface area contributed by atoms with Gasteiger partial charge in [-0.1, -0.05) is 60.7 Å². The number of benzene rings is 2. The van der Waals surface area contributed by atoms with Crippen molar-refractivity contribution < 1.29 is 18.7 Å². The van der Waals surface area contributed by atoms with Crippen molar-refractivity contribution in [3.8, 4) is 5.75 Å². The Morgan fingerprint density at radius 1 is 0.963 bits per heavy atom. The van der Waals surface area contributed by atoms with Gasteiger partial charge in [0.1, 0.15) is 25.2 Å². The average Bonchev–Trinajstić information content (AvgIpc) is 2.71. The molecule has 0 saturated heterocycles. The minimum absolute atomic E-state index is 0.109. The van der Waals surface area contributed by atoms with Crippen LogP contribution in [-0.4, -0.2) is 5.97 Å². The van der Waals surface area contributed by atoms with Crippen molar-refractivity contribution in [1.29, 1.82) is 0 Å². The lowest BCUT2D eigenvalue weighted by atomic mass is 10.2. The van der Waals surface area contributed by atoms with Gasteiger partial charge in [-0.25, -0.2) is 4.79 Å². The lowest BCUT2D eigenvalue weighted by molar-refractivity contribution is -0.139. The summed E-state index contributed by atoms with van der Waals surface area (Å²) in [7, 11) is 0. The van der Waals surface area contributed by atoms with Gasteiger partial charge in [0.05, 0.1) is 0 Å². The van der Waals surface area contributed by atoms with E-state index in [0.717, 1.165) is 11.1 Å². The summed E-state index contributed by atoms with van der Waals surface area (Å²) < 4.78 is 15.9. The number of carbonyl (C=O) groups is 1. The summed E-state index contributed by atoms with van der Waals surface area (Å²) in [5.74, 6) is -0.169. The third-order valence-corrected chi connectivity index (χ3v) is 3.66. The molecule has 0 radical (unpaired) electrons. The average molecular weight is 362 g/mol. The first-order valence-electron chi connectivity index (χ1n) is 8.39. The molecule has 0 N–H and O–H groups in total. The lowest BCUT2D eigenvalue weighted by Gasteiger charge is -2.06. The summed E-state index contributed by atoms with van der Waals surface area (Å²) in [6.07, 6.45) is 4.21. The van der Waals surface area contributed by atoms with Crippen molar-refractivity contribution in [1.82, 2.24) is 0 Å². The Hall–Kier alpha value is -3.60. The molecule has 5 nitrogen and oxygen atoms in total. The number of hydrogen-bond acceptors (Lipinski definition) is 5. The Morgan fingerprint density at radius 2 is 1.67 bits per heavy atom. The minimum atomic E-state index is -0.522. The van der Waals surface area contributed by atoms with Gasteiger partial charge in [0.15, 0.2) is 0 Å². The van der Waals surface area contributed by atoms with Crippen molar-refractivity contribution in [3.05, 3.63) is 106 Å². The monoisotopic (exact) mass is 362 g/mol. The Bertz CT molecular complexity index is 959. The molecular weight excluding hydrogens is 344 g/mol. The van der Waals surface area contributed by atoms with Gasteiger partial charge in [-0.2, -0.15) is 0 Å². The summed E-state index contributed by atoms with van der Waals surface area (Å²) in [5, 5.41) is 0. The standard InChI is InChI=1S/C22H18O5/c23-20-13-19(15-27-22(24)12-11-17-7-3-1-4-8-17)25-16-21(20)26-14-18-9-5-2-6-10-18/h1-13,16H,14-15H2/b12-11+. The van der Waals surface area contributed by atoms with Gasteiger partial charge >= 0.3 is 5.97 Å². The minimum Gasteiger partial charge on any atom is -0.482 e. The molecule has 3 aromatic rings. The maximum absolute atomic E-state index is 12.1. The molecule has 0 aliphatic heterocycles. The van der Waals surface area contributed by atoms with E-state index in [2.05, 4.69) is 0 Å². The molecule has 0 amide bonds. The molecule has 0 spiro atoms. The number of ether oxygens (including phenoxy) is 2. The summed E-state index contributed by atoms with van der Waals surface area (Å²) in [6, 6.07) is 20.1. The first-order valence-corrected chi connectivity index (χ1v) is 8.39. The molecule has 1 aromatic heterocycles. The number of hydrogen-bond donors (Lipinski definition) is 0. The van der Waals surface area contributed by atoms with Gasteiger partial charge < -0.3 is 13.9 Å². The van der Waals surface area contributed by atoms with Gasteiger partial charge in [0.2, 0.25) is 11.2 Å². The number of carbonyl (C=O) groups excluding carboxylic acids is 1. The molecule has 0 unspecified atom stereocenters. The van der Waals surface area contributed by atoms with E-state index in [1.807, 2.05) is 60.7 Å². The van der Waals surface area contributed by atoms with Crippen LogP contribution >= 0.6 is 0 Å². The molecule has 0 saturated carbocycles. The van der Waals surface area contributed by atoms with Gasteiger partial charge in [-0.05, 0) is 17.2 Å². The van der Waals surface area contributed by atoms with Crippen LogP contribution in [0.4, 0.5) is 0 Å². The summed E-state index contributed by atoms with van der Waals surface area (Å²) in [6.45, 7) is 0.135. The third-order valence-electron chi connectivity index (χ3n) is 3.66. The summed E-state index contributed by atoms with van der Waals surface area (Å²) in [5.41, 5.74) is 1.50. The fraction of sp³-hybridized carbons (Fsp3) is 0.0909. The van der Waals surface area contributed by atoms with Crippen LogP contribution in [0, 0.1) is 0 Å². The van der Waals surface area contributed by atoms with E-state index in [-0.39, 0.29) is 30.2 Å². The van der Waals surface area contributed by atoms with Crippen LogP contribution in [0.3, 0.4) is 0 Å². The molecule has 0 fully saturated rings. The maximum Gasteiger partial charge on any atom is 0.331 e. The highest BCUT2D eigenvalue weighted by molar-refractivity contribution is 5.86. The Labute approximate surface area is 156 Å². The van der Waals surface area contributed by atoms with Crippen molar-refractivity contribution >= 4 is 12.0 Å². The summed E-state index contributed by atoms with van der Waals surface area (Å²) in [4.78, 5) is 23.8. The molecule has 27 heavy (non-hydrogen) atoms. The predicted molar refractivity (Wildman–Crippen MR) is 101 cm³/mol. The molecule has 0 bridgehead atoms. The molecule has 0 atom stereocenters. The quantitative estimate of drug-likeness (QED) is 0.470. The van der Waals surface area contributed by atoms with E-state index in [0.29, 0.717) is 0 Å². The van der Waals surface area contributed by atoms with Crippen LogP contribution in [0.5, 0.6) is 5.75 Å². The highest BCUT2D eigenvalue weighted by atomic mass is 16.5. The van der Waals surface area contributed by atoms with Crippen molar-refractivity contribution in [2.24, 2.45) is 0 Å². The first-order chi connectivity index (χ1) is 13.2. The molecule has 0 aliphatic carbocycles. The zero-order valence-corrected chi connectivity index (χ0v) is 14.5. The van der Waals surface area contributed by atoms with Gasteiger partial charge in [0.25, 0.3) is 0 Å². The van der Waals surface area contributed by atoms with Crippen LogP contribution in [0.2, 0.25) is 0 Å². The summed E-state index contributed by atoms with van der Waals surface area (Å²) >= 11 is 0. The van der Waals surface area contributed by atoms with Gasteiger partial charge in [-0.15, -0.1) is 0 Å². The Balaban J connectivity index is 1.52. The molecule has 3 rings (SSSR count). The fourth-order valence-electron chi connectivity index (χ4n) is 2.27. The molecule has 136 valence electrons. The van der Waals surface area contributed by atoms with Crippen LogP contribution < -0.4 is 10.2 Å². The SMILES string of the molecule is O=C(/C=C/c1ccccc1)OCc1cc(=O)c(OCc2ccccc2)co1. The zero-order chi connectivity index (χ0) is 18.9. The van der Waals surface area contributed by atoms with Gasteiger partial charge in [-0.3, -0.25) is 4.79 Å². The van der Waals surface area contributed by atoms with E-state index < -0.39 is 5.97 Å². The second-order valence-corrected chi connectivity index (χ2v) is 5.70. The topological polar surface area (TPSA) is 65.7 Å². The maximum atomic E-state index is 12.1.